The van der Waals surface area contributed by atoms with Crippen molar-refractivity contribution in [3.8, 4) is 11.4 Å². The van der Waals surface area contributed by atoms with Crippen LogP contribution in [-0.2, 0) is 16.1 Å². The van der Waals surface area contributed by atoms with Gasteiger partial charge in [-0.1, -0.05) is 29.8 Å². The van der Waals surface area contributed by atoms with E-state index in [-0.39, 0.29) is 24.6 Å². The maximum Gasteiger partial charge on any atom is 0.323 e. The quantitative estimate of drug-likeness (QED) is 0.500. The number of nitrogens with one attached hydrogen (secondary N) is 2. The fraction of sp³-hybridized carbons (Fsp3) is 0.273. The van der Waals surface area contributed by atoms with E-state index in [1.54, 1.807) is 6.07 Å². The molecule has 0 amide bonds. The fourth-order valence-electron chi connectivity index (χ4n) is 3.36. The molecule has 0 bridgehead atoms. The predicted molar refractivity (Wildman–Crippen MR) is 120 cm³/mol. The predicted octanol–water partition coefficient (Wildman–Crippen LogP) is 3.62. The molecule has 4 rings (SSSR count). The van der Waals surface area contributed by atoms with Crippen LogP contribution in [0.25, 0.3) is 11.4 Å². The molecule has 0 spiro atoms. The van der Waals surface area contributed by atoms with Crippen LogP contribution in [0.15, 0.2) is 42.5 Å². The maximum absolute atomic E-state index is 12.0. The lowest BCUT2D eigenvalue weighted by Gasteiger charge is -2.11. The molecule has 0 unspecified atom stereocenters. The minimum absolute atomic E-state index is 0.107. The van der Waals surface area contributed by atoms with Gasteiger partial charge >= 0.3 is 5.97 Å². The highest BCUT2D eigenvalue weighted by molar-refractivity contribution is 6.30. The number of aromatic nitrogens is 3. The molecule has 1 aliphatic heterocycles. The van der Waals surface area contributed by atoms with E-state index >= 15 is 0 Å². The highest BCUT2D eigenvalue weighted by Gasteiger charge is 2.23. The Hall–Kier alpha value is -3.23. The zero-order valence-electron chi connectivity index (χ0n) is 17.1. The standard InChI is InChI=1S/C22H23ClN6O2/c1-13-4-7-15(23)11-17(13)19-27-21(24)29-22(28-19)26-16-8-5-14(6-9-16)12-31-20(30)18-3-2-10-25-18/h4-9,11,18,25H,2-3,10,12H2,1H3,(H3,24,26,27,28,29)/t18-/m0/s1. The molecule has 1 aliphatic rings. The van der Waals surface area contributed by atoms with Crippen LogP contribution in [0, 0.1) is 6.92 Å². The first-order chi connectivity index (χ1) is 15.0. The summed E-state index contributed by atoms with van der Waals surface area (Å²) in [6.07, 6.45) is 1.83. The smallest absolute Gasteiger partial charge is 0.323 e. The number of benzene rings is 2. The third-order valence-electron chi connectivity index (χ3n) is 5.03. The Morgan fingerprint density at radius 1 is 1.23 bits per heavy atom. The van der Waals surface area contributed by atoms with E-state index in [2.05, 4.69) is 25.6 Å². The summed E-state index contributed by atoms with van der Waals surface area (Å²) in [4.78, 5) is 24.9. The first-order valence-electron chi connectivity index (χ1n) is 10.0. The zero-order valence-corrected chi connectivity index (χ0v) is 17.8. The number of carbonyl (C=O) groups excluding carboxylic acids is 1. The summed E-state index contributed by atoms with van der Waals surface area (Å²) in [5.74, 6) is 0.674. The maximum atomic E-state index is 12.0. The van der Waals surface area contributed by atoms with Crippen molar-refractivity contribution in [2.75, 3.05) is 17.6 Å². The molecule has 0 saturated carbocycles. The summed E-state index contributed by atoms with van der Waals surface area (Å²) >= 11 is 6.12. The number of carbonyl (C=O) groups is 1. The summed E-state index contributed by atoms with van der Waals surface area (Å²) in [6.45, 7) is 3.04. The molecular weight excluding hydrogens is 416 g/mol. The van der Waals surface area contributed by atoms with E-state index in [0.717, 1.165) is 41.8 Å². The van der Waals surface area contributed by atoms with E-state index in [9.17, 15) is 4.79 Å². The first kappa shape index (κ1) is 21.0. The van der Waals surface area contributed by atoms with Gasteiger partial charge in [0.25, 0.3) is 0 Å². The van der Waals surface area contributed by atoms with Crippen LogP contribution in [0.5, 0.6) is 0 Å². The molecule has 8 nitrogen and oxygen atoms in total. The number of hydrogen-bond acceptors (Lipinski definition) is 8. The van der Waals surface area contributed by atoms with Crippen LogP contribution in [0.3, 0.4) is 0 Å². The second-order valence-electron chi connectivity index (χ2n) is 7.38. The van der Waals surface area contributed by atoms with Crippen molar-refractivity contribution in [1.29, 1.82) is 0 Å². The Kier molecular flexibility index (Phi) is 6.29. The minimum Gasteiger partial charge on any atom is -0.460 e. The molecule has 0 radical (unpaired) electrons. The first-order valence-corrected chi connectivity index (χ1v) is 10.4. The highest BCUT2D eigenvalue weighted by atomic mass is 35.5. The van der Waals surface area contributed by atoms with Crippen LogP contribution < -0.4 is 16.4 Å². The van der Waals surface area contributed by atoms with Gasteiger partial charge < -0.3 is 21.1 Å². The van der Waals surface area contributed by atoms with Gasteiger partial charge in [-0.2, -0.15) is 15.0 Å². The van der Waals surface area contributed by atoms with E-state index in [1.807, 2.05) is 43.3 Å². The Balaban J connectivity index is 1.43. The average molecular weight is 439 g/mol. The van der Waals surface area contributed by atoms with Gasteiger partial charge in [0.15, 0.2) is 5.82 Å². The minimum atomic E-state index is -0.204. The third kappa shape index (κ3) is 5.28. The number of nitrogens with two attached hydrogens (primary N) is 1. The molecular formula is C22H23ClN6O2. The van der Waals surface area contributed by atoms with Gasteiger partial charge in [-0.15, -0.1) is 0 Å². The lowest BCUT2D eigenvalue weighted by molar-refractivity contribution is -0.147. The number of nitrogens with zero attached hydrogens (tertiary/aromatic N) is 3. The van der Waals surface area contributed by atoms with Gasteiger partial charge in [0.05, 0.1) is 0 Å². The van der Waals surface area contributed by atoms with Crippen molar-refractivity contribution >= 4 is 35.2 Å². The van der Waals surface area contributed by atoms with Gasteiger partial charge in [-0.3, -0.25) is 4.79 Å². The van der Waals surface area contributed by atoms with Gasteiger partial charge in [0.1, 0.15) is 12.6 Å². The van der Waals surface area contributed by atoms with Crippen LogP contribution in [0.1, 0.15) is 24.0 Å². The van der Waals surface area contributed by atoms with Crippen molar-refractivity contribution in [3.63, 3.8) is 0 Å². The molecule has 0 aliphatic carbocycles. The Morgan fingerprint density at radius 3 is 2.77 bits per heavy atom. The highest BCUT2D eigenvalue weighted by Crippen LogP contribution is 2.25. The molecule has 2 aromatic carbocycles. The number of esters is 1. The average Bonchev–Trinajstić information content (AvgIpc) is 3.29. The second kappa shape index (κ2) is 9.28. The molecule has 1 atom stereocenters. The van der Waals surface area contributed by atoms with Crippen molar-refractivity contribution in [1.82, 2.24) is 20.3 Å². The number of anilines is 3. The molecule has 1 aromatic heterocycles. The molecule has 9 heteroatoms. The van der Waals surface area contributed by atoms with Crippen LogP contribution in [0.2, 0.25) is 5.02 Å². The third-order valence-corrected chi connectivity index (χ3v) is 5.26. The number of nitrogen functional groups attached to an aromatic ring is 1. The summed E-state index contributed by atoms with van der Waals surface area (Å²) in [5.41, 5.74) is 9.32. The Morgan fingerprint density at radius 2 is 2.03 bits per heavy atom. The molecule has 1 fully saturated rings. The summed E-state index contributed by atoms with van der Waals surface area (Å²) in [5, 5.41) is 6.86. The topological polar surface area (TPSA) is 115 Å². The molecule has 1 saturated heterocycles. The Labute approximate surface area is 185 Å². The van der Waals surface area contributed by atoms with Crippen molar-refractivity contribution in [2.24, 2.45) is 0 Å². The van der Waals surface area contributed by atoms with Crippen LogP contribution >= 0.6 is 11.6 Å². The van der Waals surface area contributed by atoms with Gasteiger partial charge in [-0.25, -0.2) is 0 Å². The summed E-state index contributed by atoms with van der Waals surface area (Å²) in [6, 6.07) is 12.8. The van der Waals surface area contributed by atoms with Gasteiger partial charge in [0.2, 0.25) is 11.9 Å². The number of halogens is 1. The van der Waals surface area contributed by atoms with Gasteiger partial charge in [-0.05, 0) is 61.7 Å². The van der Waals surface area contributed by atoms with E-state index in [4.69, 9.17) is 22.1 Å². The van der Waals surface area contributed by atoms with E-state index < -0.39 is 0 Å². The molecule has 160 valence electrons. The van der Waals surface area contributed by atoms with Crippen molar-refractivity contribution in [3.05, 3.63) is 58.6 Å². The largest absolute Gasteiger partial charge is 0.460 e. The fourth-order valence-corrected chi connectivity index (χ4v) is 3.53. The lowest BCUT2D eigenvalue weighted by Crippen LogP contribution is -2.32. The SMILES string of the molecule is Cc1ccc(Cl)cc1-c1nc(N)nc(Nc2ccc(COC(=O)[C@@H]3CCCN3)cc2)n1. The lowest BCUT2D eigenvalue weighted by atomic mass is 10.1. The van der Waals surface area contributed by atoms with Crippen LogP contribution in [-0.4, -0.2) is 33.5 Å². The van der Waals surface area contributed by atoms with Crippen molar-refractivity contribution in [2.45, 2.75) is 32.4 Å². The molecule has 31 heavy (non-hydrogen) atoms. The number of hydrogen-bond donors (Lipinski definition) is 3. The number of ether oxygens (including phenoxy) is 1. The van der Waals surface area contributed by atoms with E-state index in [0.29, 0.717) is 16.8 Å². The van der Waals surface area contributed by atoms with E-state index in [1.165, 1.54) is 0 Å². The normalized spacial score (nSPS) is 15.6. The monoisotopic (exact) mass is 438 g/mol. The van der Waals surface area contributed by atoms with Crippen LogP contribution in [0.4, 0.5) is 17.6 Å². The Bertz CT molecular complexity index is 1080. The molecule has 3 aromatic rings. The summed E-state index contributed by atoms with van der Waals surface area (Å²) in [7, 11) is 0. The van der Waals surface area contributed by atoms with Gasteiger partial charge in [0, 0.05) is 16.3 Å². The van der Waals surface area contributed by atoms with Crippen molar-refractivity contribution < 1.29 is 9.53 Å². The summed E-state index contributed by atoms with van der Waals surface area (Å²) < 4.78 is 5.39. The second-order valence-corrected chi connectivity index (χ2v) is 7.82. The number of rotatable bonds is 6. The molecule has 2 heterocycles. The number of aryl methyl sites for hydroxylation is 1. The zero-order chi connectivity index (χ0) is 21.8. The molecule has 4 N–H and O–H groups in total.